The van der Waals surface area contributed by atoms with Crippen LogP contribution in [0.25, 0.3) is 0 Å². The molecular formula is C33H54O5. The highest BCUT2D eigenvalue weighted by Gasteiger charge is 2.34. The van der Waals surface area contributed by atoms with Gasteiger partial charge in [0.25, 0.3) is 0 Å². The summed E-state index contributed by atoms with van der Waals surface area (Å²) in [6.45, 7) is 17.6. The van der Waals surface area contributed by atoms with E-state index >= 15 is 0 Å². The van der Waals surface area contributed by atoms with Gasteiger partial charge in [-0.15, -0.1) is 0 Å². The fourth-order valence-corrected chi connectivity index (χ4v) is 5.79. The van der Waals surface area contributed by atoms with Crippen LogP contribution in [-0.4, -0.2) is 22.6 Å². The molecule has 2 rings (SSSR count). The Morgan fingerprint density at radius 1 is 0.868 bits per heavy atom. The second kappa shape index (κ2) is 14.9. The van der Waals surface area contributed by atoms with Crippen LogP contribution in [0.4, 0.5) is 0 Å². The van der Waals surface area contributed by atoms with E-state index < -0.39 is 11.9 Å². The molecule has 1 heterocycles. The zero-order chi connectivity index (χ0) is 28.5. The SMILES string of the molecule is Cc1c(C)c2c(c(C)c1OC(=O)CCC(=O)O)CC[C@](C)(CCC[C@@H](C)CCC[C@@H](C)CCCC(C)C)O2. The number of hydrogen-bond acceptors (Lipinski definition) is 4. The van der Waals surface area contributed by atoms with Gasteiger partial charge in [0.05, 0.1) is 12.8 Å². The summed E-state index contributed by atoms with van der Waals surface area (Å²) in [5, 5.41) is 8.85. The minimum atomic E-state index is -0.999. The molecule has 0 saturated carbocycles. The van der Waals surface area contributed by atoms with Gasteiger partial charge in [0.15, 0.2) is 0 Å². The first kappa shape index (κ1) is 32.2. The molecule has 0 spiro atoms. The van der Waals surface area contributed by atoms with E-state index in [9.17, 15) is 9.59 Å². The molecular weight excluding hydrogens is 476 g/mol. The number of carbonyl (C=O) groups excluding carboxylic acids is 1. The Labute approximate surface area is 232 Å². The van der Waals surface area contributed by atoms with Crippen molar-refractivity contribution in [1.29, 1.82) is 0 Å². The van der Waals surface area contributed by atoms with Crippen molar-refractivity contribution < 1.29 is 24.2 Å². The molecule has 0 aliphatic carbocycles. The number of hydrogen-bond donors (Lipinski definition) is 1. The molecule has 38 heavy (non-hydrogen) atoms. The number of aliphatic carboxylic acids is 1. The van der Waals surface area contributed by atoms with Crippen LogP contribution >= 0.6 is 0 Å². The third-order valence-electron chi connectivity index (χ3n) is 8.60. The Balaban J connectivity index is 1.87. The standard InChI is InChI=1S/C33H54O5/c1-22(2)12-9-13-23(3)14-10-15-24(4)16-11-20-33(8)21-19-28-27(7)31(25(5)26(6)32(28)38-33)37-30(36)18-17-29(34)35/h22-24H,9-21H2,1-8H3,(H,34,35)/t23-,24-,33-/m0/s1. The van der Waals surface area contributed by atoms with Crippen molar-refractivity contribution in [1.82, 2.24) is 0 Å². The van der Waals surface area contributed by atoms with Crippen molar-refractivity contribution in [3.8, 4) is 11.5 Å². The Bertz CT molecular complexity index is 934. The van der Waals surface area contributed by atoms with Gasteiger partial charge in [0.1, 0.15) is 17.1 Å². The van der Waals surface area contributed by atoms with Gasteiger partial charge in [-0.2, -0.15) is 0 Å². The van der Waals surface area contributed by atoms with Crippen molar-refractivity contribution in [2.75, 3.05) is 0 Å². The van der Waals surface area contributed by atoms with Gasteiger partial charge in [-0.05, 0) is 87.8 Å². The first-order valence-electron chi connectivity index (χ1n) is 15.1. The minimum absolute atomic E-state index is 0.130. The van der Waals surface area contributed by atoms with Crippen LogP contribution in [0.15, 0.2) is 0 Å². The Kier molecular flexibility index (Phi) is 12.6. The molecule has 1 aliphatic rings. The van der Waals surface area contributed by atoms with Gasteiger partial charge in [-0.3, -0.25) is 9.59 Å². The lowest BCUT2D eigenvalue weighted by Crippen LogP contribution is -2.37. The van der Waals surface area contributed by atoms with E-state index in [4.69, 9.17) is 14.6 Å². The molecule has 216 valence electrons. The maximum absolute atomic E-state index is 12.2. The van der Waals surface area contributed by atoms with Gasteiger partial charge >= 0.3 is 11.9 Å². The number of rotatable bonds is 16. The zero-order valence-electron chi connectivity index (χ0n) is 25.5. The third-order valence-corrected chi connectivity index (χ3v) is 8.60. The van der Waals surface area contributed by atoms with Crippen molar-refractivity contribution in [3.05, 3.63) is 22.3 Å². The number of carboxylic acids is 1. The van der Waals surface area contributed by atoms with E-state index in [1.807, 2.05) is 20.8 Å². The highest BCUT2D eigenvalue weighted by Crippen LogP contribution is 2.45. The number of carboxylic acid groups (broad SMARTS) is 1. The maximum atomic E-state index is 12.2. The van der Waals surface area contributed by atoms with Crippen LogP contribution in [0, 0.1) is 38.5 Å². The third kappa shape index (κ3) is 9.93. The van der Waals surface area contributed by atoms with Crippen LogP contribution < -0.4 is 9.47 Å². The quantitative estimate of drug-likeness (QED) is 0.171. The molecule has 0 unspecified atom stereocenters. The van der Waals surface area contributed by atoms with Crippen molar-refractivity contribution in [2.45, 2.75) is 144 Å². The largest absolute Gasteiger partial charge is 0.487 e. The predicted octanol–water partition coefficient (Wildman–Crippen LogP) is 8.90. The van der Waals surface area contributed by atoms with Crippen molar-refractivity contribution >= 4 is 11.9 Å². The van der Waals surface area contributed by atoms with Gasteiger partial charge in [-0.1, -0.05) is 72.6 Å². The van der Waals surface area contributed by atoms with Gasteiger partial charge in [-0.25, -0.2) is 0 Å². The molecule has 3 atom stereocenters. The topological polar surface area (TPSA) is 72.8 Å². The summed E-state index contributed by atoms with van der Waals surface area (Å²) in [7, 11) is 0. The highest BCUT2D eigenvalue weighted by atomic mass is 16.5. The number of ether oxygens (including phenoxy) is 2. The van der Waals surface area contributed by atoms with E-state index in [2.05, 4.69) is 34.6 Å². The van der Waals surface area contributed by atoms with Crippen LogP contribution in [-0.2, 0) is 16.0 Å². The van der Waals surface area contributed by atoms with Gasteiger partial charge in [0.2, 0.25) is 0 Å². The summed E-state index contributed by atoms with van der Waals surface area (Å²) in [4.78, 5) is 23.0. The van der Waals surface area contributed by atoms with Crippen molar-refractivity contribution in [3.63, 3.8) is 0 Å². The van der Waals surface area contributed by atoms with Crippen LogP contribution in [0.3, 0.4) is 0 Å². The molecule has 1 N–H and O–H groups in total. The van der Waals surface area contributed by atoms with Crippen LogP contribution in [0.2, 0.25) is 0 Å². The molecule has 1 aliphatic heterocycles. The molecule has 0 bridgehead atoms. The fourth-order valence-electron chi connectivity index (χ4n) is 5.79. The van der Waals surface area contributed by atoms with E-state index in [1.54, 1.807) is 0 Å². The average Bonchev–Trinajstić information content (AvgIpc) is 2.83. The number of carbonyl (C=O) groups is 2. The van der Waals surface area contributed by atoms with E-state index in [0.717, 1.165) is 65.0 Å². The lowest BCUT2D eigenvalue weighted by atomic mass is 9.83. The molecule has 1 aromatic carbocycles. The Morgan fingerprint density at radius 2 is 1.45 bits per heavy atom. The lowest BCUT2D eigenvalue weighted by Gasteiger charge is -2.38. The zero-order valence-corrected chi connectivity index (χ0v) is 25.5. The summed E-state index contributed by atoms with van der Waals surface area (Å²) >= 11 is 0. The van der Waals surface area contributed by atoms with E-state index in [1.165, 1.54) is 51.4 Å². The summed E-state index contributed by atoms with van der Waals surface area (Å²) in [6.07, 6.45) is 13.1. The number of esters is 1. The van der Waals surface area contributed by atoms with Crippen molar-refractivity contribution in [2.24, 2.45) is 17.8 Å². The summed E-state index contributed by atoms with van der Waals surface area (Å²) < 4.78 is 12.3. The lowest BCUT2D eigenvalue weighted by molar-refractivity contribution is -0.142. The van der Waals surface area contributed by atoms with Gasteiger partial charge < -0.3 is 14.6 Å². The summed E-state index contributed by atoms with van der Waals surface area (Å²) in [5.41, 5.74) is 3.76. The summed E-state index contributed by atoms with van der Waals surface area (Å²) in [6, 6.07) is 0. The van der Waals surface area contributed by atoms with E-state index in [-0.39, 0.29) is 18.4 Å². The molecule has 0 radical (unpaired) electrons. The molecule has 0 fully saturated rings. The minimum Gasteiger partial charge on any atom is -0.487 e. The van der Waals surface area contributed by atoms with E-state index in [0.29, 0.717) is 5.75 Å². The molecule has 0 saturated heterocycles. The first-order chi connectivity index (χ1) is 17.8. The molecule has 0 aromatic heterocycles. The molecule has 5 nitrogen and oxygen atoms in total. The fraction of sp³-hybridized carbons (Fsp3) is 0.758. The Hall–Kier alpha value is -2.04. The molecule has 5 heteroatoms. The first-order valence-corrected chi connectivity index (χ1v) is 15.1. The molecule has 1 aromatic rings. The second-order valence-corrected chi connectivity index (χ2v) is 12.8. The number of fused-ring (bicyclic) bond motifs is 1. The monoisotopic (exact) mass is 530 g/mol. The normalized spacial score (nSPS) is 18.6. The summed E-state index contributed by atoms with van der Waals surface area (Å²) in [5.74, 6) is 2.42. The van der Waals surface area contributed by atoms with Crippen LogP contribution in [0.5, 0.6) is 11.5 Å². The highest BCUT2D eigenvalue weighted by molar-refractivity contribution is 5.79. The average molecular weight is 531 g/mol. The molecule has 0 amide bonds. The number of benzene rings is 1. The predicted molar refractivity (Wildman–Crippen MR) is 155 cm³/mol. The van der Waals surface area contributed by atoms with Crippen LogP contribution in [0.1, 0.15) is 134 Å². The maximum Gasteiger partial charge on any atom is 0.311 e. The smallest absolute Gasteiger partial charge is 0.311 e. The second-order valence-electron chi connectivity index (χ2n) is 12.8. The Morgan fingerprint density at radius 3 is 2.03 bits per heavy atom. The van der Waals surface area contributed by atoms with Gasteiger partial charge in [0, 0.05) is 5.56 Å².